The van der Waals surface area contributed by atoms with Crippen LogP contribution >= 0.6 is 0 Å². The summed E-state index contributed by atoms with van der Waals surface area (Å²) in [7, 11) is 0. The first kappa shape index (κ1) is 17.6. The number of nitrogens with one attached hydrogen (secondary N) is 1. The summed E-state index contributed by atoms with van der Waals surface area (Å²) in [6.07, 6.45) is 13.8. The van der Waals surface area contributed by atoms with E-state index in [2.05, 4.69) is 33.6 Å². The molecular formula is C20H21N5O. The molecule has 0 aliphatic heterocycles. The van der Waals surface area contributed by atoms with E-state index in [9.17, 15) is 10.1 Å². The fourth-order valence-electron chi connectivity index (χ4n) is 2.64. The Balaban J connectivity index is 1.65. The van der Waals surface area contributed by atoms with Crippen LogP contribution in [0.5, 0.6) is 0 Å². The second-order valence-electron chi connectivity index (χ2n) is 6.76. The number of pyridine rings is 1. The molecule has 3 rings (SSSR count). The van der Waals surface area contributed by atoms with Crippen molar-refractivity contribution in [1.29, 1.82) is 5.26 Å². The monoisotopic (exact) mass is 347 g/mol. The van der Waals surface area contributed by atoms with E-state index in [1.165, 1.54) is 0 Å². The molecule has 0 radical (unpaired) electrons. The van der Waals surface area contributed by atoms with Crippen LogP contribution in [0.15, 0.2) is 54.5 Å². The lowest BCUT2D eigenvalue weighted by Gasteiger charge is -2.15. The van der Waals surface area contributed by atoms with E-state index in [4.69, 9.17) is 0 Å². The van der Waals surface area contributed by atoms with Gasteiger partial charge in [-0.3, -0.25) is 9.48 Å². The molecule has 0 saturated carbocycles. The van der Waals surface area contributed by atoms with Gasteiger partial charge in [-0.15, -0.1) is 0 Å². The molecule has 2 aromatic heterocycles. The second-order valence-corrected chi connectivity index (χ2v) is 6.76. The van der Waals surface area contributed by atoms with Crippen LogP contribution in [0.3, 0.4) is 0 Å². The van der Waals surface area contributed by atoms with E-state index in [0.717, 1.165) is 29.5 Å². The van der Waals surface area contributed by atoms with Crippen molar-refractivity contribution in [1.82, 2.24) is 14.8 Å². The van der Waals surface area contributed by atoms with E-state index in [-0.39, 0.29) is 5.91 Å². The van der Waals surface area contributed by atoms with Crippen molar-refractivity contribution < 1.29 is 4.79 Å². The summed E-state index contributed by atoms with van der Waals surface area (Å²) < 4.78 is 1.63. The molecule has 0 aromatic carbocycles. The van der Waals surface area contributed by atoms with Gasteiger partial charge in [0.2, 0.25) is 5.91 Å². The molecule has 0 spiro atoms. The zero-order valence-electron chi connectivity index (χ0n) is 14.9. The Bertz CT molecular complexity index is 897. The van der Waals surface area contributed by atoms with E-state index in [1.54, 1.807) is 37.0 Å². The minimum absolute atomic E-state index is 0.0772. The quantitative estimate of drug-likeness (QED) is 0.891. The summed E-state index contributed by atoms with van der Waals surface area (Å²) in [5.74, 6) is 0.440. The molecule has 1 amide bonds. The number of hydrogen-bond donors (Lipinski definition) is 1. The summed E-state index contributed by atoms with van der Waals surface area (Å²) in [6, 6.07) is 5.86. The minimum atomic E-state index is -0.707. The fourth-order valence-corrected chi connectivity index (χ4v) is 2.64. The van der Waals surface area contributed by atoms with Gasteiger partial charge in [0, 0.05) is 23.5 Å². The van der Waals surface area contributed by atoms with Gasteiger partial charge in [-0.1, -0.05) is 18.2 Å². The van der Waals surface area contributed by atoms with Gasteiger partial charge in [-0.2, -0.15) is 10.4 Å². The first-order chi connectivity index (χ1) is 12.5. The van der Waals surface area contributed by atoms with Gasteiger partial charge in [0.25, 0.3) is 0 Å². The number of amides is 1. The Labute approximate surface area is 152 Å². The molecule has 26 heavy (non-hydrogen) atoms. The van der Waals surface area contributed by atoms with Gasteiger partial charge < -0.3 is 5.32 Å². The summed E-state index contributed by atoms with van der Waals surface area (Å²) in [5, 5.41) is 16.3. The molecule has 0 saturated heterocycles. The summed E-state index contributed by atoms with van der Waals surface area (Å²) in [4.78, 5) is 16.4. The third-order valence-corrected chi connectivity index (χ3v) is 4.23. The van der Waals surface area contributed by atoms with Crippen molar-refractivity contribution >= 4 is 11.7 Å². The van der Waals surface area contributed by atoms with Crippen molar-refractivity contribution in [2.45, 2.75) is 38.6 Å². The Morgan fingerprint density at radius 1 is 1.31 bits per heavy atom. The molecule has 1 aliphatic rings. The van der Waals surface area contributed by atoms with Gasteiger partial charge in [0.15, 0.2) is 0 Å². The van der Waals surface area contributed by atoms with Gasteiger partial charge in [0.05, 0.1) is 18.7 Å². The molecule has 132 valence electrons. The maximum atomic E-state index is 12.1. The Hall–Kier alpha value is -3.20. The van der Waals surface area contributed by atoms with Crippen LogP contribution in [-0.2, 0) is 10.3 Å². The third-order valence-electron chi connectivity index (χ3n) is 4.23. The third kappa shape index (κ3) is 4.06. The van der Waals surface area contributed by atoms with Crippen molar-refractivity contribution in [3.63, 3.8) is 0 Å². The number of aromatic nitrogens is 3. The standard InChI is InChI=1S/C20H21N5O/c1-20(2,14-21)25-13-17(12-23-25)16-8-9-18(22-11-16)24-19(26)10-15-6-4-3-5-7-15/h4,6-9,11-13H,3,5,10H2,1-2H3,(H,22,24,26). The summed E-state index contributed by atoms with van der Waals surface area (Å²) >= 11 is 0. The van der Waals surface area contributed by atoms with Crippen LogP contribution in [-0.4, -0.2) is 20.7 Å². The topological polar surface area (TPSA) is 83.6 Å². The van der Waals surface area contributed by atoms with Gasteiger partial charge in [-0.25, -0.2) is 4.98 Å². The minimum Gasteiger partial charge on any atom is -0.310 e. The molecule has 0 unspecified atom stereocenters. The maximum absolute atomic E-state index is 12.1. The number of hydrogen-bond acceptors (Lipinski definition) is 4. The number of anilines is 1. The van der Waals surface area contributed by atoms with E-state index in [1.807, 2.05) is 18.3 Å². The molecule has 0 bridgehead atoms. The lowest BCUT2D eigenvalue weighted by molar-refractivity contribution is -0.115. The predicted molar refractivity (Wildman–Crippen MR) is 100 cm³/mol. The van der Waals surface area contributed by atoms with Gasteiger partial charge in [0.1, 0.15) is 11.4 Å². The van der Waals surface area contributed by atoms with Crippen LogP contribution in [0.4, 0.5) is 5.82 Å². The SMILES string of the molecule is CC(C)(C#N)n1cc(-c2ccc(NC(=O)CC3=CCCC=C3)nc2)cn1. The highest BCUT2D eigenvalue weighted by Crippen LogP contribution is 2.22. The molecular weight excluding hydrogens is 326 g/mol. The Morgan fingerprint density at radius 3 is 2.81 bits per heavy atom. The first-order valence-electron chi connectivity index (χ1n) is 8.56. The average Bonchev–Trinajstić information content (AvgIpc) is 3.14. The number of rotatable bonds is 5. The van der Waals surface area contributed by atoms with E-state index >= 15 is 0 Å². The van der Waals surface area contributed by atoms with Gasteiger partial charge >= 0.3 is 0 Å². The second kappa shape index (κ2) is 7.36. The molecule has 1 N–H and O–H groups in total. The number of carbonyl (C=O) groups excluding carboxylic acids is 1. The van der Waals surface area contributed by atoms with Crippen LogP contribution in [0.25, 0.3) is 11.1 Å². The van der Waals surface area contributed by atoms with Crippen LogP contribution in [0.1, 0.15) is 33.1 Å². The molecule has 2 aromatic rings. The lowest BCUT2D eigenvalue weighted by Crippen LogP contribution is -2.24. The van der Waals surface area contributed by atoms with Crippen molar-refractivity contribution in [3.05, 3.63) is 54.5 Å². The van der Waals surface area contributed by atoms with Crippen LogP contribution in [0.2, 0.25) is 0 Å². The Morgan fingerprint density at radius 2 is 2.15 bits per heavy atom. The van der Waals surface area contributed by atoms with Crippen molar-refractivity contribution in [2.75, 3.05) is 5.32 Å². The highest BCUT2D eigenvalue weighted by Gasteiger charge is 2.20. The van der Waals surface area contributed by atoms with Crippen LogP contribution in [0, 0.1) is 11.3 Å². The Kier molecular flexibility index (Phi) is 4.99. The largest absolute Gasteiger partial charge is 0.310 e. The van der Waals surface area contributed by atoms with Crippen molar-refractivity contribution in [3.8, 4) is 17.2 Å². The summed E-state index contributed by atoms with van der Waals surface area (Å²) in [5.41, 5.74) is 2.08. The average molecular weight is 347 g/mol. The molecule has 1 aliphatic carbocycles. The molecule has 0 fully saturated rings. The number of allylic oxidation sites excluding steroid dienone is 3. The molecule has 2 heterocycles. The first-order valence-corrected chi connectivity index (χ1v) is 8.56. The van der Waals surface area contributed by atoms with Crippen molar-refractivity contribution in [2.24, 2.45) is 0 Å². The zero-order valence-corrected chi connectivity index (χ0v) is 14.9. The predicted octanol–water partition coefficient (Wildman–Crippen LogP) is 3.81. The number of nitrogens with zero attached hydrogens (tertiary/aromatic N) is 4. The number of nitriles is 1. The number of carbonyl (C=O) groups is 1. The van der Waals surface area contributed by atoms with E-state index < -0.39 is 5.54 Å². The molecule has 6 heteroatoms. The summed E-state index contributed by atoms with van der Waals surface area (Å²) in [6.45, 7) is 3.61. The zero-order chi connectivity index (χ0) is 18.6. The van der Waals surface area contributed by atoms with Gasteiger partial charge in [-0.05, 0) is 44.4 Å². The maximum Gasteiger partial charge on any atom is 0.229 e. The smallest absolute Gasteiger partial charge is 0.229 e. The molecule has 0 atom stereocenters. The lowest BCUT2D eigenvalue weighted by atomic mass is 10.0. The highest BCUT2D eigenvalue weighted by atomic mass is 16.1. The molecule has 6 nitrogen and oxygen atoms in total. The fraction of sp³-hybridized carbons (Fsp3) is 0.300. The highest BCUT2D eigenvalue weighted by molar-refractivity contribution is 5.91. The van der Waals surface area contributed by atoms with E-state index in [0.29, 0.717) is 12.2 Å². The normalized spacial score (nSPS) is 13.8. The van der Waals surface area contributed by atoms with Crippen LogP contribution < -0.4 is 5.32 Å².